The lowest BCUT2D eigenvalue weighted by Gasteiger charge is -1.97. The van der Waals surface area contributed by atoms with E-state index < -0.39 is 0 Å². The first kappa shape index (κ1) is 7.13. The average molecular weight is 231 g/mol. The van der Waals surface area contributed by atoms with Gasteiger partial charge in [0.1, 0.15) is 4.60 Å². The molecule has 11 heavy (non-hydrogen) atoms. The van der Waals surface area contributed by atoms with Crippen molar-refractivity contribution in [2.24, 2.45) is 0 Å². The van der Waals surface area contributed by atoms with Crippen molar-refractivity contribution in [3.8, 4) is 0 Å². The number of hydrogen-bond donors (Lipinski definition) is 0. The smallest absolute Gasteiger partial charge is 0.126 e. The van der Waals surface area contributed by atoms with E-state index in [1.807, 2.05) is 18.2 Å². The van der Waals surface area contributed by atoms with E-state index in [-0.39, 0.29) is 0 Å². The van der Waals surface area contributed by atoms with Crippen molar-refractivity contribution < 1.29 is 0 Å². The number of aromatic nitrogens is 2. The van der Waals surface area contributed by atoms with Crippen LogP contribution in [0.25, 0.3) is 5.52 Å². The van der Waals surface area contributed by atoms with Gasteiger partial charge < -0.3 is 0 Å². The Labute approximate surface area is 76.9 Å². The molecule has 0 saturated carbocycles. The van der Waals surface area contributed by atoms with Crippen molar-refractivity contribution in [3.05, 3.63) is 34.0 Å². The van der Waals surface area contributed by atoms with E-state index in [1.54, 1.807) is 10.7 Å². The first-order chi connectivity index (χ1) is 5.29. The summed E-state index contributed by atoms with van der Waals surface area (Å²) in [5.74, 6) is 0. The van der Waals surface area contributed by atoms with Crippen LogP contribution < -0.4 is 0 Å². The molecule has 0 aliphatic carbocycles. The van der Waals surface area contributed by atoms with Crippen LogP contribution in [0.2, 0.25) is 5.02 Å². The number of rotatable bonds is 0. The van der Waals surface area contributed by atoms with Gasteiger partial charge in [0.05, 0.1) is 16.7 Å². The average Bonchev–Trinajstić information content (AvgIpc) is 2.45. The van der Waals surface area contributed by atoms with E-state index in [1.165, 1.54) is 0 Å². The first-order valence-corrected chi connectivity index (χ1v) is 4.24. The molecular weight excluding hydrogens is 227 g/mol. The van der Waals surface area contributed by atoms with E-state index in [0.717, 1.165) is 10.1 Å². The molecule has 0 bridgehead atoms. The third-order valence-electron chi connectivity index (χ3n) is 1.46. The lowest BCUT2D eigenvalue weighted by atomic mass is 10.4. The fourth-order valence-electron chi connectivity index (χ4n) is 0.932. The summed E-state index contributed by atoms with van der Waals surface area (Å²) < 4.78 is 2.53. The van der Waals surface area contributed by atoms with E-state index in [4.69, 9.17) is 11.6 Å². The molecule has 2 rings (SSSR count). The summed E-state index contributed by atoms with van der Waals surface area (Å²) in [5.41, 5.74) is 1.03. The third-order valence-corrected chi connectivity index (χ3v) is 2.75. The van der Waals surface area contributed by atoms with Gasteiger partial charge in [-0.1, -0.05) is 11.6 Å². The summed E-state index contributed by atoms with van der Waals surface area (Å²) in [6.07, 6.45) is 1.73. The minimum atomic E-state index is 0.668. The van der Waals surface area contributed by atoms with Crippen molar-refractivity contribution in [2.75, 3.05) is 0 Å². The molecule has 0 aliphatic heterocycles. The Morgan fingerprint density at radius 2 is 2.18 bits per heavy atom. The maximum Gasteiger partial charge on any atom is 0.126 e. The van der Waals surface area contributed by atoms with Crippen LogP contribution in [-0.4, -0.2) is 9.61 Å². The topological polar surface area (TPSA) is 17.3 Å². The Balaban J connectivity index is 2.93. The van der Waals surface area contributed by atoms with Gasteiger partial charge in [-0.25, -0.2) is 4.52 Å². The molecule has 0 radical (unpaired) electrons. The van der Waals surface area contributed by atoms with Crippen molar-refractivity contribution in [1.29, 1.82) is 0 Å². The van der Waals surface area contributed by atoms with Gasteiger partial charge in [-0.05, 0) is 34.1 Å². The summed E-state index contributed by atoms with van der Waals surface area (Å²) in [6, 6.07) is 5.67. The lowest BCUT2D eigenvalue weighted by molar-refractivity contribution is 0.936. The molecule has 4 heteroatoms. The van der Waals surface area contributed by atoms with Gasteiger partial charge in [-0.15, -0.1) is 0 Å². The van der Waals surface area contributed by atoms with Gasteiger partial charge in [0.2, 0.25) is 0 Å². The van der Waals surface area contributed by atoms with Gasteiger partial charge in [-0.3, -0.25) is 0 Å². The lowest BCUT2D eigenvalue weighted by Crippen LogP contribution is -1.88. The summed E-state index contributed by atoms with van der Waals surface area (Å²) in [4.78, 5) is 0. The minimum Gasteiger partial charge on any atom is -0.225 e. The highest BCUT2D eigenvalue weighted by atomic mass is 79.9. The van der Waals surface area contributed by atoms with Crippen LogP contribution in [0.5, 0.6) is 0 Å². The standard InChI is InChI=1S/C7H4BrClN2/c8-7-6(9)2-1-5-3-4-10-11(5)7/h1-4H. The van der Waals surface area contributed by atoms with Gasteiger partial charge in [0.25, 0.3) is 0 Å². The second kappa shape index (κ2) is 2.50. The zero-order chi connectivity index (χ0) is 7.84. The Morgan fingerprint density at radius 1 is 1.36 bits per heavy atom. The molecule has 2 nitrogen and oxygen atoms in total. The molecule has 0 aromatic carbocycles. The zero-order valence-electron chi connectivity index (χ0n) is 5.46. The number of pyridine rings is 1. The largest absolute Gasteiger partial charge is 0.225 e. The third kappa shape index (κ3) is 1.04. The number of fused-ring (bicyclic) bond motifs is 1. The van der Waals surface area contributed by atoms with E-state index in [2.05, 4.69) is 21.0 Å². The Kier molecular flexibility index (Phi) is 1.62. The molecule has 0 fully saturated rings. The molecule has 2 aromatic rings. The number of halogens is 2. The molecule has 0 amide bonds. The number of nitrogens with zero attached hydrogens (tertiary/aromatic N) is 2. The highest BCUT2D eigenvalue weighted by Crippen LogP contribution is 2.22. The Morgan fingerprint density at radius 3 is 3.00 bits per heavy atom. The summed E-state index contributed by atoms with van der Waals surface area (Å²) in [5, 5.41) is 4.73. The van der Waals surface area contributed by atoms with Crippen LogP contribution in [0.3, 0.4) is 0 Å². The molecule has 0 unspecified atom stereocenters. The van der Waals surface area contributed by atoms with Gasteiger partial charge in [0.15, 0.2) is 0 Å². The monoisotopic (exact) mass is 230 g/mol. The summed E-state index contributed by atoms with van der Waals surface area (Å²) in [6.45, 7) is 0. The van der Waals surface area contributed by atoms with Crippen molar-refractivity contribution >= 4 is 33.0 Å². The maximum absolute atomic E-state index is 5.84. The fourth-order valence-corrected chi connectivity index (χ4v) is 1.50. The molecule has 0 atom stereocenters. The first-order valence-electron chi connectivity index (χ1n) is 3.07. The van der Waals surface area contributed by atoms with Gasteiger partial charge >= 0.3 is 0 Å². The van der Waals surface area contributed by atoms with Crippen molar-refractivity contribution in [1.82, 2.24) is 9.61 Å². The zero-order valence-corrected chi connectivity index (χ0v) is 7.80. The van der Waals surface area contributed by atoms with Crippen LogP contribution >= 0.6 is 27.5 Å². The van der Waals surface area contributed by atoms with Crippen LogP contribution in [0.1, 0.15) is 0 Å². The summed E-state index contributed by atoms with van der Waals surface area (Å²) in [7, 11) is 0. The predicted octanol–water partition coefficient (Wildman–Crippen LogP) is 2.75. The van der Waals surface area contributed by atoms with Crippen LogP contribution in [0.4, 0.5) is 0 Å². The molecule has 0 aliphatic rings. The molecule has 2 aromatic heterocycles. The maximum atomic E-state index is 5.84. The second-order valence-electron chi connectivity index (χ2n) is 2.14. The molecule has 2 heterocycles. The highest BCUT2D eigenvalue weighted by Gasteiger charge is 2.01. The van der Waals surface area contributed by atoms with Crippen molar-refractivity contribution in [2.45, 2.75) is 0 Å². The van der Waals surface area contributed by atoms with Gasteiger partial charge in [-0.2, -0.15) is 5.10 Å². The molecule has 56 valence electrons. The Hall–Kier alpha value is -0.540. The fraction of sp³-hybridized carbons (Fsp3) is 0. The second-order valence-corrected chi connectivity index (χ2v) is 3.30. The van der Waals surface area contributed by atoms with Gasteiger partial charge in [0, 0.05) is 0 Å². The van der Waals surface area contributed by atoms with Crippen LogP contribution in [0, 0.1) is 0 Å². The van der Waals surface area contributed by atoms with Crippen molar-refractivity contribution in [3.63, 3.8) is 0 Å². The quantitative estimate of drug-likeness (QED) is 0.637. The molecule has 0 saturated heterocycles. The molecule has 0 spiro atoms. The number of hydrogen-bond acceptors (Lipinski definition) is 1. The Bertz CT molecular complexity index is 396. The summed E-state index contributed by atoms with van der Waals surface area (Å²) >= 11 is 9.17. The van der Waals surface area contributed by atoms with E-state index in [9.17, 15) is 0 Å². The SMILES string of the molecule is Clc1ccc2ccnn2c1Br. The molecular formula is C7H4BrClN2. The highest BCUT2D eigenvalue weighted by molar-refractivity contribution is 9.10. The van der Waals surface area contributed by atoms with E-state index >= 15 is 0 Å². The molecule has 0 N–H and O–H groups in total. The van der Waals surface area contributed by atoms with E-state index in [0.29, 0.717) is 5.02 Å². The minimum absolute atomic E-state index is 0.668. The van der Waals surface area contributed by atoms with Crippen LogP contribution in [-0.2, 0) is 0 Å². The normalized spacial score (nSPS) is 10.7. The van der Waals surface area contributed by atoms with Crippen LogP contribution in [0.15, 0.2) is 29.0 Å². The predicted molar refractivity (Wildman–Crippen MR) is 47.9 cm³/mol.